The van der Waals surface area contributed by atoms with Gasteiger partial charge in [-0.1, -0.05) is 48.5 Å². The Labute approximate surface area is 174 Å². The predicted molar refractivity (Wildman–Crippen MR) is 109 cm³/mol. The van der Waals surface area contributed by atoms with Crippen molar-refractivity contribution in [3.05, 3.63) is 102 Å². The van der Waals surface area contributed by atoms with Crippen molar-refractivity contribution in [2.75, 3.05) is 0 Å². The van der Waals surface area contributed by atoms with Crippen LogP contribution in [0.4, 0.5) is 0 Å². The molecule has 0 fully saturated rings. The Bertz CT molecular complexity index is 1020. The van der Waals surface area contributed by atoms with Crippen molar-refractivity contribution in [1.82, 2.24) is 0 Å². The van der Waals surface area contributed by atoms with Gasteiger partial charge in [0.1, 0.15) is 0 Å². The van der Waals surface area contributed by atoms with Crippen LogP contribution >= 0.6 is 0 Å². The molecule has 0 aliphatic rings. The van der Waals surface area contributed by atoms with Crippen LogP contribution in [0, 0.1) is 0 Å². The van der Waals surface area contributed by atoms with Crippen LogP contribution in [0.2, 0.25) is 0 Å². The lowest BCUT2D eigenvalue weighted by molar-refractivity contribution is -0.187. The van der Waals surface area contributed by atoms with Crippen LogP contribution in [0.15, 0.2) is 89.8 Å². The molecule has 0 aliphatic heterocycles. The standard InChI is InChI=1S/C14H10O4.C7H10N2O2S/c15-13(11-7-3-1-4-8-11)17-18-14(16)12-9-5-2-6-10-12;8-5-6-1-3-7(4-2-6)12(9,10)11/h1-10H;1-4H,5,8H2,(H2,9,10,11). The van der Waals surface area contributed by atoms with Gasteiger partial charge in [-0.25, -0.2) is 32.9 Å². The molecule has 0 radical (unpaired) electrons. The maximum absolute atomic E-state index is 11.5. The highest BCUT2D eigenvalue weighted by atomic mass is 32.2. The van der Waals surface area contributed by atoms with Crippen LogP contribution in [0.25, 0.3) is 0 Å². The smallest absolute Gasteiger partial charge is 0.326 e. The second-order valence-corrected chi connectivity index (χ2v) is 7.43. The monoisotopic (exact) mass is 428 g/mol. The highest BCUT2D eigenvalue weighted by molar-refractivity contribution is 7.89. The lowest BCUT2D eigenvalue weighted by Gasteiger charge is -2.02. The molecule has 0 saturated carbocycles. The molecule has 156 valence electrons. The minimum atomic E-state index is -3.57. The van der Waals surface area contributed by atoms with E-state index in [9.17, 15) is 18.0 Å². The molecule has 3 aromatic carbocycles. The molecule has 0 heterocycles. The van der Waals surface area contributed by atoms with E-state index in [1.54, 1.807) is 72.8 Å². The van der Waals surface area contributed by atoms with Gasteiger partial charge in [0.05, 0.1) is 16.0 Å². The first-order valence-corrected chi connectivity index (χ1v) is 10.2. The fourth-order valence-electron chi connectivity index (χ4n) is 2.14. The second kappa shape index (κ2) is 10.9. The number of rotatable bonds is 4. The number of benzene rings is 3. The molecule has 0 amide bonds. The van der Waals surface area contributed by atoms with Crippen molar-refractivity contribution < 1.29 is 27.8 Å². The van der Waals surface area contributed by atoms with Crippen LogP contribution in [0.1, 0.15) is 26.3 Å². The number of carbonyl (C=O) groups excluding carboxylic acids is 2. The number of primary sulfonamides is 1. The zero-order valence-corrected chi connectivity index (χ0v) is 16.6. The molecule has 3 aromatic rings. The van der Waals surface area contributed by atoms with E-state index in [1.165, 1.54) is 12.1 Å². The molecule has 30 heavy (non-hydrogen) atoms. The van der Waals surface area contributed by atoms with E-state index in [4.69, 9.17) is 10.9 Å². The molecular formula is C21H20N2O6S. The van der Waals surface area contributed by atoms with Crippen LogP contribution in [0.5, 0.6) is 0 Å². The first-order valence-electron chi connectivity index (χ1n) is 8.66. The molecule has 8 nitrogen and oxygen atoms in total. The van der Waals surface area contributed by atoms with Crippen LogP contribution in [-0.4, -0.2) is 20.4 Å². The quantitative estimate of drug-likeness (QED) is 0.480. The predicted octanol–water partition coefficient (Wildman–Crippen LogP) is 2.41. The number of nitrogens with two attached hydrogens (primary N) is 2. The molecule has 0 atom stereocenters. The van der Waals surface area contributed by atoms with Gasteiger partial charge in [-0.3, -0.25) is 0 Å². The van der Waals surface area contributed by atoms with Gasteiger partial charge in [-0.05, 0) is 42.0 Å². The third kappa shape index (κ3) is 7.13. The molecule has 0 aromatic heterocycles. The lowest BCUT2D eigenvalue weighted by atomic mass is 10.2. The van der Waals surface area contributed by atoms with Gasteiger partial charge in [-0.2, -0.15) is 0 Å². The summed E-state index contributed by atoms with van der Waals surface area (Å²) in [5.41, 5.74) is 6.84. The molecule has 0 unspecified atom stereocenters. The van der Waals surface area contributed by atoms with Crippen LogP contribution < -0.4 is 10.9 Å². The summed E-state index contributed by atoms with van der Waals surface area (Å²) in [4.78, 5) is 32.0. The molecule has 0 bridgehead atoms. The summed E-state index contributed by atoms with van der Waals surface area (Å²) in [6.07, 6.45) is 0. The summed E-state index contributed by atoms with van der Waals surface area (Å²) >= 11 is 0. The zero-order chi connectivity index (χ0) is 22.0. The third-order valence-corrected chi connectivity index (χ3v) is 4.63. The van der Waals surface area contributed by atoms with E-state index >= 15 is 0 Å². The summed E-state index contributed by atoms with van der Waals surface area (Å²) in [6, 6.07) is 22.7. The Morgan fingerprint density at radius 2 is 1.10 bits per heavy atom. The molecule has 4 N–H and O–H groups in total. The average Bonchev–Trinajstić information content (AvgIpc) is 2.78. The summed E-state index contributed by atoms with van der Waals surface area (Å²) in [5, 5.41) is 4.89. The maximum atomic E-state index is 11.5. The fraction of sp³-hybridized carbons (Fsp3) is 0.0476. The van der Waals surface area contributed by atoms with Crippen molar-refractivity contribution >= 4 is 22.0 Å². The highest BCUT2D eigenvalue weighted by Crippen LogP contribution is 2.08. The number of carbonyl (C=O) groups is 2. The number of hydrogen-bond donors (Lipinski definition) is 2. The number of sulfonamides is 1. The Hall–Kier alpha value is -3.53. The molecule has 0 spiro atoms. The summed E-state index contributed by atoms with van der Waals surface area (Å²) in [6.45, 7) is 0.394. The van der Waals surface area contributed by atoms with Gasteiger partial charge in [0.2, 0.25) is 10.0 Å². The van der Waals surface area contributed by atoms with E-state index in [0.29, 0.717) is 17.7 Å². The SMILES string of the molecule is NCc1ccc(S(N)(=O)=O)cc1.O=C(OOC(=O)c1ccccc1)c1ccccc1. The molecule has 3 rings (SSSR count). The normalized spacial score (nSPS) is 10.3. The van der Waals surface area contributed by atoms with E-state index < -0.39 is 22.0 Å². The van der Waals surface area contributed by atoms with Crippen molar-refractivity contribution in [2.45, 2.75) is 11.4 Å². The first kappa shape index (κ1) is 22.8. The molecule has 0 aliphatic carbocycles. The average molecular weight is 428 g/mol. The zero-order valence-electron chi connectivity index (χ0n) is 15.8. The van der Waals surface area contributed by atoms with Gasteiger partial charge in [0, 0.05) is 6.54 Å². The fourth-order valence-corrected chi connectivity index (χ4v) is 2.65. The number of hydrogen-bond acceptors (Lipinski definition) is 7. The Balaban J connectivity index is 0.000000232. The van der Waals surface area contributed by atoms with Crippen molar-refractivity contribution in [3.8, 4) is 0 Å². The van der Waals surface area contributed by atoms with E-state index in [0.717, 1.165) is 5.56 Å². The minimum absolute atomic E-state index is 0.111. The molecule has 9 heteroatoms. The van der Waals surface area contributed by atoms with Gasteiger partial charge in [0.25, 0.3) is 0 Å². The second-order valence-electron chi connectivity index (χ2n) is 5.87. The summed E-state index contributed by atoms with van der Waals surface area (Å²) < 4.78 is 21.6. The van der Waals surface area contributed by atoms with Gasteiger partial charge in [0.15, 0.2) is 0 Å². The summed E-state index contributed by atoms with van der Waals surface area (Å²) in [7, 11) is -3.57. The van der Waals surface area contributed by atoms with Gasteiger partial charge in [-0.15, -0.1) is 0 Å². The largest absolute Gasteiger partial charge is 0.386 e. The summed E-state index contributed by atoms with van der Waals surface area (Å²) in [5.74, 6) is -1.42. The molecular weight excluding hydrogens is 408 g/mol. The molecule has 0 saturated heterocycles. The van der Waals surface area contributed by atoms with Gasteiger partial charge >= 0.3 is 11.9 Å². The van der Waals surface area contributed by atoms with Crippen molar-refractivity contribution in [2.24, 2.45) is 10.9 Å². The Kier molecular flexibility index (Phi) is 8.24. The highest BCUT2D eigenvalue weighted by Gasteiger charge is 2.13. The van der Waals surface area contributed by atoms with Crippen molar-refractivity contribution in [1.29, 1.82) is 0 Å². The van der Waals surface area contributed by atoms with E-state index in [1.807, 2.05) is 0 Å². The van der Waals surface area contributed by atoms with Crippen LogP contribution in [-0.2, 0) is 26.3 Å². The third-order valence-electron chi connectivity index (χ3n) is 3.70. The van der Waals surface area contributed by atoms with E-state index in [-0.39, 0.29) is 4.90 Å². The Morgan fingerprint density at radius 3 is 1.43 bits per heavy atom. The Morgan fingerprint density at radius 1 is 0.700 bits per heavy atom. The lowest BCUT2D eigenvalue weighted by Crippen LogP contribution is -2.12. The van der Waals surface area contributed by atoms with Gasteiger partial charge < -0.3 is 5.73 Å². The maximum Gasteiger partial charge on any atom is 0.386 e. The first-order chi connectivity index (χ1) is 14.3. The minimum Gasteiger partial charge on any atom is -0.326 e. The van der Waals surface area contributed by atoms with Crippen LogP contribution in [0.3, 0.4) is 0 Å². The van der Waals surface area contributed by atoms with Crippen molar-refractivity contribution in [3.63, 3.8) is 0 Å². The topological polar surface area (TPSA) is 139 Å². The van der Waals surface area contributed by atoms with E-state index in [2.05, 4.69) is 9.78 Å².